The lowest BCUT2D eigenvalue weighted by atomic mass is 10.1. The minimum absolute atomic E-state index is 0.268. The molecule has 2 N–H and O–H groups in total. The van der Waals surface area contributed by atoms with Crippen LogP contribution in [0.2, 0.25) is 0 Å². The van der Waals surface area contributed by atoms with Gasteiger partial charge in [0.15, 0.2) is 0 Å². The molecule has 0 saturated heterocycles. The van der Waals surface area contributed by atoms with Gasteiger partial charge in [0.1, 0.15) is 5.82 Å². The van der Waals surface area contributed by atoms with Gasteiger partial charge < -0.3 is 10.3 Å². The average molecular weight is 283 g/mol. The molecule has 0 radical (unpaired) electrons. The summed E-state index contributed by atoms with van der Waals surface area (Å²) in [5.74, 6) is 0.373. The lowest BCUT2D eigenvalue weighted by molar-refractivity contribution is 0.378. The van der Waals surface area contributed by atoms with Crippen LogP contribution in [0.15, 0.2) is 53.1 Å². The Hall–Kier alpha value is -2.69. The van der Waals surface area contributed by atoms with E-state index in [0.717, 1.165) is 11.3 Å². The summed E-state index contributed by atoms with van der Waals surface area (Å²) in [5, 5.41) is 3.82. The molecule has 0 bridgehead atoms. The summed E-state index contributed by atoms with van der Waals surface area (Å²) in [5.41, 5.74) is 8.00. The molecule has 3 aromatic rings. The Kier molecular flexibility index (Phi) is 3.64. The number of para-hydroxylation sites is 1. The summed E-state index contributed by atoms with van der Waals surface area (Å²) in [4.78, 5) is 4.23. The maximum Gasteiger partial charge on any atom is 0.227 e. The molecule has 0 amide bonds. The van der Waals surface area contributed by atoms with Crippen LogP contribution < -0.4 is 5.73 Å². The van der Waals surface area contributed by atoms with Crippen LogP contribution in [-0.4, -0.2) is 10.1 Å². The molecule has 3 rings (SSSR count). The van der Waals surface area contributed by atoms with Crippen LogP contribution in [0.4, 0.5) is 10.1 Å². The van der Waals surface area contributed by atoms with Gasteiger partial charge in [-0.3, -0.25) is 0 Å². The highest BCUT2D eigenvalue weighted by Gasteiger charge is 2.12. The highest BCUT2D eigenvalue weighted by molar-refractivity contribution is 5.54. The predicted molar refractivity (Wildman–Crippen MR) is 78.0 cm³/mol. The average Bonchev–Trinajstić information content (AvgIpc) is 2.96. The topological polar surface area (TPSA) is 64.9 Å². The van der Waals surface area contributed by atoms with Crippen LogP contribution in [0.1, 0.15) is 11.5 Å². The summed E-state index contributed by atoms with van der Waals surface area (Å²) in [7, 11) is 0. The van der Waals surface area contributed by atoms with Gasteiger partial charge >= 0.3 is 0 Å². The van der Waals surface area contributed by atoms with E-state index in [9.17, 15) is 4.39 Å². The molecule has 0 aliphatic rings. The summed E-state index contributed by atoms with van der Waals surface area (Å²) >= 11 is 0. The van der Waals surface area contributed by atoms with E-state index < -0.39 is 0 Å². The van der Waals surface area contributed by atoms with Crippen molar-refractivity contribution in [2.24, 2.45) is 0 Å². The number of nitrogens with zero attached hydrogens (tertiary/aromatic N) is 2. The second-order valence-electron chi connectivity index (χ2n) is 4.69. The molecule has 0 aliphatic heterocycles. The highest BCUT2D eigenvalue weighted by Crippen LogP contribution is 2.20. The molecule has 0 unspecified atom stereocenters. The number of hydrogen-bond donors (Lipinski definition) is 1. The van der Waals surface area contributed by atoms with E-state index in [2.05, 4.69) is 10.1 Å². The van der Waals surface area contributed by atoms with Gasteiger partial charge in [-0.2, -0.15) is 4.98 Å². The number of rotatable bonds is 4. The second-order valence-corrected chi connectivity index (χ2v) is 4.69. The summed E-state index contributed by atoms with van der Waals surface area (Å²) in [6.07, 6.45) is 1.27. The third-order valence-electron chi connectivity index (χ3n) is 3.25. The molecule has 21 heavy (non-hydrogen) atoms. The highest BCUT2D eigenvalue weighted by atomic mass is 19.1. The number of aromatic nitrogens is 2. The fourth-order valence-electron chi connectivity index (χ4n) is 2.11. The first kappa shape index (κ1) is 13.3. The number of hydrogen-bond acceptors (Lipinski definition) is 4. The van der Waals surface area contributed by atoms with E-state index in [1.54, 1.807) is 18.2 Å². The Morgan fingerprint density at radius 3 is 2.57 bits per heavy atom. The number of halogens is 1. The number of nitrogen functional groups attached to an aromatic ring is 1. The Labute approximate surface area is 121 Å². The Morgan fingerprint density at radius 2 is 1.76 bits per heavy atom. The van der Waals surface area contributed by atoms with Gasteiger partial charge in [-0.1, -0.05) is 35.5 Å². The number of aryl methyl sites for hydroxylation is 2. The smallest absolute Gasteiger partial charge is 0.227 e. The lowest BCUT2D eigenvalue weighted by Gasteiger charge is -2.02. The van der Waals surface area contributed by atoms with Crippen molar-refractivity contribution in [3.05, 3.63) is 65.8 Å². The lowest BCUT2D eigenvalue weighted by Crippen LogP contribution is -1.97. The first-order valence-electron chi connectivity index (χ1n) is 6.65. The molecule has 0 fully saturated rings. The van der Waals surface area contributed by atoms with Gasteiger partial charge in [0.25, 0.3) is 0 Å². The largest absolute Gasteiger partial charge is 0.399 e. The molecular formula is C16H14FN3O. The van der Waals surface area contributed by atoms with Gasteiger partial charge in [0, 0.05) is 12.1 Å². The van der Waals surface area contributed by atoms with Crippen molar-refractivity contribution in [2.75, 3.05) is 5.73 Å². The Balaban J connectivity index is 1.74. The molecule has 0 aliphatic carbocycles. The normalized spacial score (nSPS) is 10.7. The summed E-state index contributed by atoms with van der Waals surface area (Å²) in [6, 6.07) is 14.0. The molecule has 0 spiro atoms. The van der Waals surface area contributed by atoms with Gasteiger partial charge in [0.05, 0.1) is 5.56 Å². The van der Waals surface area contributed by atoms with Gasteiger partial charge in [-0.15, -0.1) is 0 Å². The first-order valence-corrected chi connectivity index (χ1v) is 6.65. The van der Waals surface area contributed by atoms with Crippen LogP contribution in [0, 0.1) is 5.82 Å². The van der Waals surface area contributed by atoms with Crippen molar-refractivity contribution < 1.29 is 8.91 Å². The van der Waals surface area contributed by atoms with Gasteiger partial charge in [-0.25, -0.2) is 4.39 Å². The monoisotopic (exact) mass is 283 g/mol. The maximum absolute atomic E-state index is 13.7. The minimum Gasteiger partial charge on any atom is -0.399 e. The minimum atomic E-state index is -0.364. The van der Waals surface area contributed by atoms with Crippen molar-refractivity contribution in [2.45, 2.75) is 12.8 Å². The van der Waals surface area contributed by atoms with Crippen LogP contribution in [0.25, 0.3) is 11.4 Å². The Bertz CT molecular complexity index is 755. The van der Waals surface area contributed by atoms with Crippen molar-refractivity contribution in [1.82, 2.24) is 10.1 Å². The molecule has 1 heterocycles. The molecule has 1 aromatic heterocycles. The van der Waals surface area contributed by atoms with Crippen molar-refractivity contribution >= 4 is 5.69 Å². The number of benzene rings is 2. The van der Waals surface area contributed by atoms with E-state index in [0.29, 0.717) is 24.3 Å². The standard InChI is InChI=1S/C16H14FN3O/c17-13-7-3-2-6-12(13)16-19-15(21-20-16)10-9-11-5-1-4-8-14(11)18/h1-8H,9-10,18H2. The molecule has 2 aromatic carbocycles. The van der Waals surface area contributed by atoms with E-state index in [1.807, 2.05) is 24.3 Å². The zero-order valence-corrected chi connectivity index (χ0v) is 11.3. The van der Waals surface area contributed by atoms with Crippen molar-refractivity contribution in [1.29, 1.82) is 0 Å². The Morgan fingerprint density at radius 1 is 1.00 bits per heavy atom. The summed E-state index contributed by atoms with van der Waals surface area (Å²) in [6.45, 7) is 0. The quantitative estimate of drug-likeness (QED) is 0.746. The van der Waals surface area contributed by atoms with Crippen molar-refractivity contribution in [3.8, 4) is 11.4 Å². The molecule has 106 valence electrons. The predicted octanol–water partition coefficient (Wildman–Crippen LogP) is 3.24. The van der Waals surface area contributed by atoms with Crippen LogP contribution in [0.5, 0.6) is 0 Å². The first-order chi connectivity index (χ1) is 10.2. The zero-order valence-electron chi connectivity index (χ0n) is 11.3. The third kappa shape index (κ3) is 2.91. The van der Waals surface area contributed by atoms with Gasteiger partial charge in [-0.05, 0) is 30.2 Å². The SMILES string of the molecule is Nc1ccccc1CCc1nc(-c2ccccc2F)no1. The van der Waals surface area contributed by atoms with Crippen LogP contribution in [0.3, 0.4) is 0 Å². The molecule has 5 heteroatoms. The molecular weight excluding hydrogens is 269 g/mol. The third-order valence-corrected chi connectivity index (χ3v) is 3.25. The van der Waals surface area contributed by atoms with E-state index in [4.69, 9.17) is 10.3 Å². The molecule has 0 saturated carbocycles. The fourth-order valence-corrected chi connectivity index (χ4v) is 2.11. The van der Waals surface area contributed by atoms with E-state index in [1.165, 1.54) is 6.07 Å². The van der Waals surface area contributed by atoms with Crippen LogP contribution >= 0.6 is 0 Å². The fraction of sp³-hybridized carbons (Fsp3) is 0.125. The van der Waals surface area contributed by atoms with E-state index >= 15 is 0 Å². The number of nitrogens with two attached hydrogens (primary N) is 1. The molecule has 0 atom stereocenters. The summed E-state index contributed by atoms with van der Waals surface area (Å²) < 4.78 is 18.8. The number of anilines is 1. The van der Waals surface area contributed by atoms with Gasteiger partial charge in [0.2, 0.25) is 11.7 Å². The zero-order chi connectivity index (χ0) is 14.7. The maximum atomic E-state index is 13.7. The van der Waals surface area contributed by atoms with Crippen molar-refractivity contribution in [3.63, 3.8) is 0 Å². The van der Waals surface area contributed by atoms with Crippen LogP contribution in [-0.2, 0) is 12.8 Å². The second kappa shape index (κ2) is 5.75. The molecule has 4 nitrogen and oxygen atoms in total. The van der Waals surface area contributed by atoms with E-state index in [-0.39, 0.29) is 11.6 Å².